The number of thiophene rings is 1. The van der Waals surface area contributed by atoms with Crippen molar-refractivity contribution < 1.29 is 14.3 Å². The smallest absolute Gasteiger partial charge is 0.253 e. The van der Waals surface area contributed by atoms with Crippen LogP contribution in [0.3, 0.4) is 0 Å². The van der Waals surface area contributed by atoms with Gasteiger partial charge in [-0.1, -0.05) is 6.07 Å². The van der Waals surface area contributed by atoms with E-state index in [1.165, 1.54) is 16.9 Å². The van der Waals surface area contributed by atoms with Crippen molar-refractivity contribution in [3.05, 3.63) is 51.7 Å². The molecule has 2 fully saturated rings. The van der Waals surface area contributed by atoms with E-state index in [0.717, 1.165) is 74.6 Å². The molecule has 3 heterocycles. The van der Waals surface area contributed by atoms with Gasteiger partial charge in [0.05, 0.1) is 4.88 Å². The van der Waals surface area contributed by atoms with Gasteiger partial charge < -0.3 is 9.64 Å². The van der Waals surface area contributed by atoms with E-state index in [2.05, 4.69) is 10.3 Å². The standard InChI is InChI=1S/C23H28N2O3S/c1-17(26)22-13-18(16-29-22)15-24-11-7-20(8-12-24)28-21-6-4-5-19(14-21)23(27)25-9-2-3-10-25/h4-6,13-14,16,20H,2-3,7-12,15H2,1H3. The second kappa shape index (κ2) is 9.09. The van der Waals surface area contributed by atoms with Crippen LogP contribution in [0, 0.1) is 0 Å². The molecule has 0 N–H and O–H groups in total. The summed E-state index contributed by atoms with van der Waals surface area (Å²) in [6, 6.07) is 9.64. The third kappa shape index (κ3) is 5.06. The molecule has 0 saturated carbocycles. The Hall–Kier alpha value is -2.18. The molecule has 2 saturated heterocycles. The molecule has 2 aliphatic rings. The highest BCUT2D eigenvalue weighted by Crippen LogP contribution is 2.24. The summed E-state index contributed by atoms with van der Waals surface area (Å²) in [5.41, 5.74) is 1.94. The van der Waals surface area contributed by atoms with Gasteiger partial charge in [0.1, 0.15) is 11.9 Å². The Balaban J connectivity index is 1.28. The van der Waals surface area contributed by atoms with E-state index >= 15 is 0 Å². The van der Waals surface area contributed by atoms with Gasteiger partial charge in [0.15, 0.2) is 5.78 Å². The van der Waals surface area contributed by atoms with E-state index in [-0.39, 0.29) is 17.8 Å². The highest BCUT2D eigenvalue weighted by molar-refractivity contribution is 7.12. The van der Waals surface area contributed by atoms with Crippen molar-refractivity contribution in [3.63, 3.8) is 0 Å². The molecule has 0 aliphatic carbocycles. The fourth-order valence-electron chi connectivity index (χ4n) is 4.08. The van der Waals surface area contributed by atoms with Crippen LogP contribution in [0.5, 0.6) is 5.75 Å². The minimum absolute atomic E-state index is 0.114. The minimum Gasteiger partial charge on any atom is -0.490 e. The molecule has 4 rings (SSSR count). The van der Waals surface area contributed by atoms with Crippen molar-refractivity contribution in [1.29, 1.82) is 0 Å². The molecule has 2 aromatic rings. The number of benzene rings is 1. The summed E-state index contributed by atoms with van der Waals surface area (Å²) in [7, 11) is 0. The van der Waals surface area contributed by atoms with Crippen molar-refractivity contribution in [2.24, 2.45) is 0 Å². The molecule has 6 heteroatoms. The number of carbonyl (C=O) groups is 2. The van der Waals surface area contributed by atoms with Gasteiger partial charge in [0.25, 0.3) is 5.91 Å². The van der Waals surface area contributed by atoms with Crippen LogP contribution in [0.1, 0.15) is 58.2 Å². The lowest BCUT2D eigenvalue weighted by Gasteiger charge is -2.32. The summed E-state index contributed by atoms with van der Waals surface area (Å²) < 4.78 is 6.20. The number of amides is 1. The molecule has 0 spiro atoms. The van der Waals surface area contributed by atoms with Gasteiger partial charge in [-0.2, -0.15) is 0 Å². The van der Waals surface area contributed by atoms with Crippen LogP contribution in [-0.4, -0.2) is 53.8 Å². The zero-order valence-corrected chi connectivity index (χ0v) is 17.7. The number of hydrogen-bond acceptors (Lipinski definition) is 5. The van der Waals surface area contributed by atoms with Crippen LogP contribution in [0.4, 0.5) is 0 Å². The molecule has 154 valence electrons. The zero-order chi connectivity index (χ0) is 20.2. The van der Waals surface area contributed by atoms with Gasteiger partial charge in [0.2, 0.25) is 0 Å². The summed E-state index contributed by atoms with van der Waals surface area (Å²) in [5.74, 6) is 1.04. The second-order valence-electron chi connectivity index (χ2n) is 8.00. The highest BCUT2D eigenvalue weighted by atomic mass is 32.1. The fraction of sp³-hybridized carbons (Fsp3) is 0.478. The number of carbonyl (C=O) groups excluding carboxylic acids is 2. The van der Waals surface area contributed by atoms with Gasteiger partial charge in [-0.3, -0.25) is 14.5 Å². The Labute approximate surface area is 176 Å². The Morgan fingerprint density at radius 2 is 1.86 bits per heavy atom. The summed E-state index contributed by atoms with van der Waals surface area (Å²) in [5, 5.41) is 2.09. The van der Waals surface area contributed by atoms with Crippen LogP contribution >= 0.6 is 11.3 Å². The van der Waals surface area contributed by atoms with E-state index in [1.807, 2.05) is 35.2 Å². The summed E-state index contributed by atoms with van der Waals surface area (Å²) >= 11 is 1.53. The summed E-state index contributed by atoms with van der Waals surface area (Å²) in [6.45, 7) is 6.17. The van der Waals surface area contributed by atoms with E-state index in [4.69, 9.17) is 4.74 Å². The quantitative estimate of drug-likeness (QED) is 0.666. The molecule has 1 aromatic heterocycles. The first kappa shape index (κ1) is 20.1. The molecule has 0 unspecified atom stereocenters. The molecular weight excluding hydrogens is 384 g/mol. The van der Waals surface area contributed by atoms with E-state index in [9.17, 15) is 9.59 Å². The fourth-order valence-corrected chi connectivity index (χ4v) is 4.89. The largest absolute Gasteiger partial charge is 0.490 e. The van der Waals surface area contributed by atoms with Gasteiger partial charge in [-0.15, -0.1) is 11.3 Å². The maximum atomic E-state index is 12.6. The number of ether oxygens (including phenoxy) is 1. The average molecular weight is 413 g/mol. The normalized spacial score (nSPS) is 18.2. The minimum atomic E-state index is 0.114. The Morgan fingerprint density at radius 3 is 2.55 bits per heavy atom. The molecule has 0 bridgehead atoms. The first-order valence-electron chi connectivity index (χ1n) is 10.5. The molecule has 5 nitrogen and oxygen atoms in total. The molecular formula is C23H28N2O3S. The van der Waals surface area contributed by atoms with Gasteiger partial charge in [0, 0.05) is 38.3 Å². The lowest BCUT2D eigenvalue weighted by molar-refractivity contribution is 0.0789. The van der Waals surface area contributed by atoms with Crippen molar-refractivity contribution >= 4 is 23.0 Å². The first-order chi connectivity index (χ1) is 14.1. The van der Waals surface area contributed by atoms with E-state index in [1.54, 1.807) is 6.92 Å². The summed E-state index contributed by atoms with van der Waals surface area (Å²) in [4.78, 5) is 29.2. The number of hydrogen-bond donors (Lipinski definition) is 0. The van der Waals surface area contributed by atoms with Crippen LogP contribution < -0.4 is 4.74 Å². The van der Waals surface area contributed by atoms with Crippen LogP contribution in [0.25, 0.3) is 0 Å². The lowest BCUT2D eigenvalue weighted by Crippen LogP contribution is -2.37. The Morgan fingerprint density at radius 1 is 1.10 bits per heavy atom. The summed E-state index contributed by atoms with van der Waals surface area (Å²) in [6.07, 6.45) is 4.31. The third-order valence-corrected chi connectivity index (χ3v) is 6.80. The maximum absolute atomic E-state index is 12.6. The van der Waals surface area contributed by atoms with E-state index in [0.29, 0.717) is 0 Å². The number of nitrogens with zero attached hydrogens (tertiary/aromatic N) is 2. The highest BCUT2D eigenvalue weighted by Gasteiger charge is 2.23. The third-order valence-electron chi connectivity index (χ3n) is 5.72. The average Bonchev–Trinajstić information content (AvgIpc) is 3.41. The number of ketones is 1. The first-order valence-corrected chi connectivity index (χ1v) is 11.3. The van der Waals surface area contributed by atoms with Crippen molar-refractivity contribution in [2.45, 2.75) is 45.3 Å². The Bertz CT molecular complexity index is 865. The van der Waals surface area contributed by atoms with Crippen LogP contribution in [-0.2, 0) is 6.54 Å². The van der Waals surface area contributed by atoms with Crippen molar-refractivity contribution in [3.8, 4) is 5.75 Å². The van der Waals surface area contributed by atoms with Crippen molar-refractivity contribution in [1.82, 2.24) is 9.80 Å². The van der Waals surface area contributed by atoms with Crippen LogP contribution in [0.15, 0.2) is 35.7 Å². The number of Topliss-reactive ketones (excluding diaryl/α,β-unsaturated/α-hetero) is 1. The molecule has 29 heavy (non-hydrogen) atoms. The molecule has 1 amide bonds. The second-order valence-corrected chi connectivity index (χ2v) is 8.91. The molecule has 2 aliphatic heterocycles. The van der Waals surface area contributed by atoms with Crippen molar-refractivity contribution in [2.75, 3.05) is 26.2 Å². The van der Waals surface area contributed by atoms with E-state index < -0.39 is 0 Å². The SMILES string of the molecule is CC(=O)c1cc(CN2CCC(Oc3cccc(C(=O)N4CCCC4)c3)CC2)cs1. The van der Waals surface area contributed by atoms with Crippen LogP contribution in [0.2, 0.25) is 0 Å². The number of rotatable bonds is 6. The predicted octanol–water partition coefficient (Wildman–Crippen LogP) is 4.23. The maximum Gasteiger partial charge on any atom is 0.253 e. The Kier molecular flexibility index (Phi) is 6.31. The van der Waals surface area contributed by atoms with Gasteiger partial charge >= 0.3 is 0 Å². The molecule has 0 radical (unpaired) electrons. The molecule has 0 atom stereocenters. The van der Waals surface area contributed by atoms with Gasteiger partial charge in [-0.05, 0) is 67.8 Å². The molecule has 1 aromatic carbocycles. The number of likely N-dealkylation sites (tertiary alicyclic amines) is 2. The predicted molar refractivity (Wildman–Crippen MR) is 115 cm³/mol. The topological polar surface area (TPSA) is 49.9 Å². The zero-order valence-electron chi connectivity index (χ0n) is 16.9. The number of piperidine rings is 1. The monoisotopic (exact) mass is 412 g/mol. The van der Waals surface area contributed by atoms with Gasteiger partial charge in [-0.25, -0.2) is 0 Å². The lowest BCUT2D eigenvalue weighted by atomic mass is 10.1.